The number of thiophene rings is 1. The smallest absolute Gasteiger partial charge is 0.227 e. The van der Waals surface area contributed by atoms with E-state index in [-0.39, 0.29) is 23.8 Å². The van der Waals surface area contributed by atoms with Gasteiger partial charge in [0, 0.05) is 30.0 Å². The first-order valence-electron chi connectivity index (χ1n) is 8.38. The molecule has 1 saturated carbocycles. The van der Waals surface area contributed by atoms with E-state index in [2.05, 4.69) is 16.8 Å². The molecule has 1 aromatic heterocycles. The number of rotatable bonds is 3. The van der Waals surface area contributed by atoms with E-state index in [0.717, 1.165) is 37.1 Å². The Bertz CT molecular complexity index is 777. The van der Waals surface area contributed by atoms with E-state index in [9.17, 15) is 9.59 Å². The Labute approximate surface area is 145 Å². The summed E-state index contributed by atoms with van der Waals surface area (Å²) in [6.45, 7) is 2.39. The molecule has 4 nitrogen and oxygen atoms in total. The predicted octanol–water partition coefficient (Wildman–Crippen LogP) is 3.59. The zero-order valence-electron chi connectivity index (χ0n) is 13.6. The quantitative estimate of drug-likeness (QED) is 0.928. The minimum atomic E-state index is -0.0225. The second kappa shape index (κ2) is 6.06. The van der Waals surface area contributed by atoms with E-state index in [1.165, 1.54) is 10.4 Å². The largest absolute Gasteiger partial charge is 0.331 e. The Morgan fingerprint density at radius 3 is 2.58 bits per heavy atom. The van der Waals surface area contributed by atoms with Crippen molar-refractivity contribution in [2.24, 2.45) is 5.92 Å². The molecule has 1 atom stereocenters. The molecular formula is C19H20N2O2S. The van der Waals surface area contributed by atoms with Gasteiger partial charge in [0.15, 0.2) is 0 Å². The number of benzene rings is 1. The molecular weight excluding hydrogens is 320 g/mol. The normalized spacial score (nSPS) is 19.7. The minimum absolute atomic E-state index is 0.0225. The molecule has 1 unspecified atom stereocenters. The topological polar surface area (TPSA) is 49.4 Å². The van der Waals surface area contributed by atoms with Crippen molar-refractivity contribution in [3.63, 3.8) is 0 Å². The van der Waals surface area contributed by atoms with E-state index in [4.69, 9.17) is 0 Å². The molecule has 1 aromatic carbocycles. The van der Waals surface area contributed by atoms with Crippen molar-refractivity contribution in [1.82, 2.24) is 4.90 Å². The van der Waals surface area contributed by atoms with Crippen molar-refractivity contribution in [3.8, 4) is 0 Å². The van der Waals surface area contributed by atoms with Crippen LogP contribution in [0.15, 0.2) is 35.7 Å². The highest BCUT2D eigenvalue weighted by Crippen LogP contribution is 2.38. The molecule has 2 aliphatic rings. The summed E-state index contributed by atoms with van der Waals surface area (Å²) in [6.07, 6.45) is 2.93. The van der Waals surface area contributed by atoms with Crippen molar-refractivity contribution in [1.29, 1.82) is 0 Å². The van der Waals surface area contributed by atoms with Crippen molar-refractivity contribution >= 4 is 28.8 Å². The summed E-state index contributed by atoms with van der Waals surface area (Å²) >= 11 is 1.76. The first kappa shape index (κ1) is 15.4. The maximum absolute atomic E-state index is 12.1. The molecule has 1 fully saturated rings. The Hall–Kier alpha value is -2.14. The maximum Gasteiger partial charge on any atom is 0.227 e. The Balaban J connectivity index is 1.61. The molecule has 5 heteroatoms. The number of carbonyl (C=O) groups excluding carboxylic acids is 2. The Morgan fingerprint density at radius 2 is 1.92 bits per heavy atom. The van der Waals surface area contributed by atoms with E-state index in [1.54, 1.807) is 18.3 Å². The molecule has 0 bridgehead atoms. The number of anilines is 1. The lowest BCUT2D eigenvalue weighted by molar-refractivity contribution is -0.130. The maximum atomic E-state index is 12.1. The van der Waals surface area contributed by atoms with Crippen molar-refractivity contribution < 1.29 is 9.59 Å². The molecule has 24 heavy (non-hydrogen) atoms. The lowest BCUT2D eigenvalue weighted by atomic mass is 9.93. The first-order valence-corrected chi connectivity index (χ1v) is 9.26. The fourth-order valence-electron chi connectivity index (χ4n) is 3.35. The fraction of sp³-hybridized carbons (Fsp3) is 0.368. The van der Waals surface area contributed by atoms with Crippen LogP contribution < -0.4 is 5.32 Å². The molecule has 1 N–H and O–H groups in total. The van der Waals surface area contributed by atoms with Gasteiger partial charge in [0.05, 0.1) is 6.04 Å². The van der Waals surface area contributed by atoms with Crippen LogP contribution in [0.5, 0.6) is 0 Å². The van der Waals surface area contributed by atoms with Gasteiger partial charge in [0.2, 0.25) is 11.8 Å². The summed E-state index contributed by atoms with van der Waals surface area (Å²) in [5.41, 5.74) is 3.15. The van der Waals surface area contributed by atoms with Crippen LogP contribution in [0.25, 0.3) is 0 Å². The van der Waals surface area contributed by atoms with Gasteiger partial charge in [0.25, 0.3) is 0 Å². The van der Waals surface area contributed by atoms with Crippen LogP contribution in [0.4, 0.5) is 5.69 Å². The highest BCUT2D eigenvalue weighted by molar-refractivity contribution is 7.10. The zero-order chi connectivity index (χ0) is 16.7. The summed E-state index contributed by atoms with van der Waals surface area (Å²) < 4.78 is 0. The third kappa shape index (κ3) is 2.84. The Morgan fingerprint density at radius 1 is 1.17 bits per heavy atom. The van der Waals surface area contributed by atoms with Crippen LogP contribution in [0.2, 0.25) is 0 Å². The van der Waals surface area contributed by atoms with Crippen LogP contribution in [-0.2, 0) is 16.0 Å². The van der Waals surface area contributed by atoms with Crippen LogP contribution in [0, 0.1) is 5.92 Å². The van der Waals surface area contributed by atoms with Gasteiger partial charge in [-0.15, -0.1) is 11.3 Å². The van der Waals surface area contributed by atoms with Gasteiger partial charge >= 0.3 is 0 Å². The van der Waals surface area contributed by atoms with Crippen LogP contribution in [0.1, 0.15) is 41.8 Å². The second-order valence-corrected chi connectivity index (χ2v) is 7.55. The van der Waals surface area contributed by atoms with Gasteiger partial charge in [-0.05, 0) is 54.0 Å². The van der Waals surface area contributed by atoms with Gasteiger partial charge in [-0.3, -0.25) is 9.59 Å². The number of carbonyl (C=O) groups is 2. The van der Waals surface area contributed by atoms with Gasteiger partial charge in [-0.2, -0.15) is 0 Å². The monoisotopic (exact) mass is 340 g/mol. The molecule has 2 amide bonds. The zero-order valence-corrected chi connectivity index (χ0v) is 14.4. The van der Waals surface area contributed by atoms with Crippen LogP contribution in [-0.4, -0.2) is 23.3 Å². The van der Waals surface area contributed by atoms with E-state index in [1.807, 2.05) is 29.2 Å². The lowest BCUT2D eigenvalue weighted by Crippen LogP contribution is -2.38. The third-order valence-corrected chi connectivity index (χ3v) is 5.81. The summed E-state index contributed by atoms with van der Waals surface area (Å²) in [4.78, 5) is 27.3. The molecule has 124 valence electrons. The summed E-state index contributed by atoms with van der Waals surface area (Å²) in [5, 5.41) is 5.07. The van der Waals surface area contributed by atoms with Gasteiger partial charge in [-0.25, -0.2) is 0 Å². The lowest BCUT2D eigenvalue weighted by Gasteiger charge is -2.35. The second-order valence-electron chi connectivity index (χ2n) is 6.55. The highest BCUT2D eigenvalue weighted by Gasteiger charge is 2.32. The number of hydrogen-bond acceptors (Lipinski definition) is 3. The molecule has 1 aliphatic carbocycles. The molecule has 2 aromatic rings. The summed E-state index contributed by atoms with van der Waals surface area (Å²) in [5.74, 6) is 0.415. The average Bonchev–Trinajstić information content (AvgIpc) is 3.32. The van der Waals surface area contributed by atoms with Gasteiger partial charge < -0.3 is 10.2 Å². The fourth-order valence-corrected chi connectivity index (χ4v) is 4.26. The number of nitrogens with zero attached hydrogens (tertiary/aromatic N) is 1. The predicted molar refractivity (Wildman–Crippen MR) is 95.0 cm³/mol. The Kier molecular flexibility index (Phi) is 3.88. The van der Waals surface area contributed by atoms with Crippen LogP contribution in [0.3, 0.4) is 0 Å². The number of nitrogens with one attached hydrogen (secondary N) is 1. The molecule has 0 radical (unpaired) electrons. The molecule has 2 heterocycles. The van der Waals surface area contributed by atoms with Crippen molar-refractivity contribution in [2.45, 2.75) is 32.2 Å². The first-order chi connectivity index (χ1) is 11.6. The molecule has 4 rings (SSSR count). The number of fused-ring (bicyclic) bond motifs is 1. The SMILES string of the molecule is CC(=O)N1CCc2sccc2C1c1ccc(NC(=O)C2CC2)cc1. The van der Waals surface area contributed by atoms with E-state index < -0.39 is 0 Å². The van der Waals surface area contributed by atoms with Gasteiger partial charge in [-0.1, -0.05) is 12.1 Å². The van der Waals surface area contributed by atoms with Gasteiger partial charge in [0.1, 0.15) is 0 Å². The average molecular weight is 340 g/mol. The molecule has 0 spiro atoms. The van der Waals surface area contributed by atoms with Crippen molar-refractivity contribution in [2.75, 3.05) is 11.9 Å². The number of amides is 2. The van der Waals surface area contributed by atoms with Crippen molar-refractivity contribution in [3.05, 3.63) is 51.7 Å². The molecule has 0 saturated heterocycles. The summed E-state index contributed by atoms with van der Waals surface area (Å²) in [7, 11) is 0. The summed E-state index contributed by atoms with van der Waals surface area (Å²) in [6, 6.07) is 10.0. The number of hydrogen-bond donors (Lipinski definition) is 1. The van der Waals surface area contributed by atoms with Crippen LogP contribution >= 0.6 is 11.3 Å². The van der Waals surface area contributed by atoms with E-state index >= 15 is 0 Å². The third-order valence-electron chi connectivity index (χ3n) is 4.81. The van der Waals surface area contributed by atoms with E-state index in [0.29, 0.717) is 0 Å². The highest BCUT2D eigenvalue weighted by atomic mass is 32.1. The standard InChI is InChI=1S/C19H20N2O2S/c1-12(22)21-10-8-17-16(9-11-24-17)18(21)13-4-6-15(7-5-13)20-19(23)14-2-3-14/h4-7,9,11,14,18H,2-3,8,10H2,1H3,(H,20,23). The minimum Gasteiger partial charge on any atom is -0.331 e. The molecule has 1 aliphatic heterocycles.